The molecule has 0 amide bonds. The van der Waals surface area contributed by atoms with Gasteiger partial charge in [-0.05, 0) is 31.2 Å². The molecule has 78 valence electrons. The van der Waals surface area contributed by atoms with Gasteiger partial charge in [0.15, 0.2) is 0 Å². The lowest BCUT2D eigenvalue weighted by atomic mass is 10.3. The zero-order valence-corrected chi connectivity index (χ0v) is 8.52. The van der Waals surface area contributed by atoms with Gasteiger partial charge >= 0.3 is 0 Å². The Morgan fingerprint density at radius 1 is 1.21 bits per heavy atom. The SMILES string of the molecule is CCCNCCNc1cccc(F)c1. The fourth-order valence-corrected chi connectivity index (χ4v) is 1.20. The molecule has 0 saturated carbocycles. The van der Waals surface area contributed by atoms with E-state index in [1.165, 1.54) is 12.1 Å². The average molecular weight is 196 g/mol. The van der Waals surface area contributed by atoms with Crippen LogP contribution in [-0.4, -0.2) is 19.6 Å². The molecule has 2 nitrogen and oxygen atoms in total. The molecule has 0 radical (unpaired) electrons. The van der Waals surface area contributed by atoms with Crippen molar-refractivity contribution in [1.82, 2.24) is 5.32 Å². The molecule has 0 heterocycles. The Labute approximate surface area is 84.5 Å². The minimum absolute atomic E-state index is 0.198. The van der Waals surface area contributed by atoms with Crippen LogP contribution in [-0.2, 0) is 0 Å². The minimum Gasteiger partial charge on any atom is -0.384 e. The molecule has 0 unspecified atom stereocenters. The second kappa shape index (κ2) is 6.38. The Bertz CT molecular complexity index is 263. The number of nitrogens with one attached hydrogen (secondary N) is 2. The fourth-order valence-electron chi connectivity index (χ4n) is 1.20. The van der Waals surface area contributed by atoms with E-state index in [1.807, 2.05) is 6.07 Å². The molecule has 1 rings (SSSR count). The van der Waals surface area contributed by atoms with Gasteiger partial charge in [0.25, 0.3) is 0 Å². The highest BCUT2D eigenvalue weighted by Crippen LogP contribution is 2.07. The summed E-state index contributed by atoms with van der Waals surface area (Å²) in [7, 11) is 0. The molecular formula is C11H17FN2. The van der Waals surface area contributed by atoms with Gasteiger partial charge < -0.3 is 10.6 Å². The van der Waals surface area contributed by atoms with Crippen molar-refractivity contribution in [3.63, 3.8) is 0 Å². The van der Waals surface area contributed by atoms with Crippen molar-refractivity contribution in [1.29, 1.82) is 0 Å². The molecular weight excluding hydrogens is 179 g/mol. The summed E-state index contributed by atoms with van der Waals surface area (Å²) in [5.74, 6) is -0.198. The van der Waals surface area contributed by atoms with E-state index in [0.29, 0.717) is 0 Å². The summed E-state index contributed by atoms with van der Waals surface area (Å²) in [5, 5.41) is 6.41. The van der Waals surface area contributed by atoms with Gasteiger partial charge in [0, 0.05) is 18.8 Å². The van der Waals surface area contributed by atoms with E-state index in [2.05, 4.69) is 17.6 Å². The van der Waals surface area contributed by atoms with Crippen molar-refractivity contribution in [2.45, 2.75) is 13.3 Å². The van der Waals surface area contributed by atoms with Crippen molar-refractivity contribution in [3.8, 4) is 0 Å². The molecule has 14 heavy (non-hydrogen) atoms. The maximum Gasteiger partial charge on any atom is 0.125 e. The van der Waals surface area contributed by atoms with Crippen LogP contribution in [0, 0.1) is 5.82 Å². The normalized spacial score (nSPS) is 10.1. The quantitative estimate of drug-likeness (QED) is 0.682. The smallest absolute Gasteiger partial charge is 0.125 e. The maximum absolute atomic E-state index is 12.7. The first kappa shape index (κ1) is 11.0. The van der Waals surface area contributed by atoms with E-state index in [1.54, 1.807) is 6.07 Å². The topological polar surface area (TPSA) is 24.1 Å². The first-order valence-corrected chi connectivity index (χ1v) is 5.03. The number of hydrogen-bond donors (Lipinski definition) is 2. The zero-order valence-electron chi connectivity index (χ0n) is 8.52. The molecule has 1 aromatic carbocycles. The van der Waals surface area contributed by atoms with E-state index in [9.17, 15) is 4.39 Å². The predicted octanol–water partition coefficient (Wildman–Crippen LogP) is 2.24. The fraction of sp³-hybridized carbons (Fsp3) is 0.455. The first-order valence-electron chi connectivity index (χ1n) is 5.03. The Hall–Kier alpha value is -1.09. The van der Waals surface area contributed by atoms with E-state index >= 15 is 0 Å². The molecule has 0 spiro atoms. The van der Waals surface area contributed by atoms with Crippen molar-refractivity contribution in [2.75, 3.05) is 25.0 Å². The standard InChI is InChI=1S/C11H17FN2/c1-2-6-13-7-8-14-11-5-3-4-10(12)9-11/h3-5,9,13-14H,2,6-8H2,1H3. The van der Waals surface area contributed by atoms with Crippen LogP contribution < -0.4 is 10.6 Å². The third-order valence-corrected chi connectivity index (χ3v) is 1.88. The van der Waals surface area contributed by atoms with Gasteiger partial charge in [0.05, 0.1) is 0 Å². The number of benzene rings is 1. The zero-order chi connectivity index (χ0) is 10.2. The Morgan fingerprint density at radius 2 is 2.07 bits per heavy atom. The summed E-state index contributed by atoms with van der Waals surface area (Å²) in [6.45, 7) is 4.89. The number of hydrogen-bond acceptors (Lipinski definition) is 2. The van der Waals surface area contributed by atoms with Crippen LogP contribution in [0.1, 0.15) is 13.3 Å². The molecule has 0 aliphatic rings. The van der Waals surface area contributed by atoms with Crippen molar-refractivity contribution < 1.29 is 4.39 Å². The van der Waals surface area contributed by atoms with Gasteiger partial charge in [-0.25, -0.2) is 4.39 Å². The largest absolute Gasteiger partial charge is 0.384 e. The first-order chi connectivity index (χ1) is 6.83. The van der Waals surface area contributed by atoms with Crippen LogP contribution in [0.15, 0.2) is 24.3 Å². The summed E-state index contributed by atoms with van der Waals surface area (Å²) in [6, 6.07) is 6.51. The highest BCUT2D eigenvalue weighted by atomic mass is 19.1. The molecule has 3 heteroatoms. The molecule has 0 saturated heterocycles. The highest BCUT2D eigenvalue weighted by Gasteiger charge is 1.92. The molecule has 0 aliphatic carbocycles. The van der Waals surface area contributed by atoms with Crippen LogP contribution in [0.3, 0.4) is 0 Å². The average Bonchev–Trinajstić information content (AvgIpc) is 2.18. The van der Waals surface area contributed by atoms with Crippen molar-refractivity contribution in [3.05, 3.63) is 30.1 Å². The van der Waals surface area contributed by atoms with E-state index in [4.69, 9.17) is 0 Å². The van der Waals surface area contributed by atoms with Crippen LogP contribution in [0.4, 0.5) is 10.1 Å². The predicted molar refractivity (Wildman–Crippen MR) is 58.1 cm³/mol. The van der Waals surface area contributed by atoms with Gasteiger partial charge in [-0.2, -0.15) is 0 Å². The van der Waals surface area contributed by atoms with Crippen LogP contribution >= 0.6 is 0 Å². The highest BCUT2D eigenvalue weighted by molar-refractivity contribution is 5.42. The second-order valence-corrected chi connectivity index (χ2v) is 3.19. The third-order valence-electron chi connectivity index (χ3n) is 1.88. The number of anilines is 1. The van der Waals surface area contributed by atoms with E-state index in [0.717, 1.165) is 31.7 Å². The summed E-state index contributed by atoms with van der Waals surface area (Å²) < 4.78 is 12.7. The summed E-state index contributed by atoms with van der Waals surface area (Å²) in [4.78, 5) is 0. The molecule has 2 N–H and O–H groups in total. The summed E-state index contributed by atoms with van der Waals surface area (Å²) in [5.41, 5.74) is 0.836. The molecule has 0 aliphatic heterocycles. The van der Waals surface area contributed by atoms with Gasteiger partial charge in [-0.1, -0.05) is 13.0 Å². The molecule has 0 aromatic heterocycles. The van der Waals surface area contributed by atoms with Crippen LogP contribution in [0.5, 0.6) is 0 Å². The maximum atomic E-state index is 12.7. The Morgan fingerprint density at radius 3 is 2.79 bits per heavy atom. The molecule has 1 aromatic rings. The summed E-state index contributed by atoms with van der Waals surface area (Å²) >= 11 is 0. The Kier molecular flexibility index (Phi) is 5.00. The summed E-state index contributed by atoms with van der Waals surface area (Å²) in [6.07, 6.45) is 1.14. The number of rotatable bonds is 6. The molecule has 0 fully saturated rings. The van der Waals surface area contributed by atoms with Gasteiger partial charge in [-0.15, -0.1) is 0 Å². The second-order valence-electron chi connectivity index (χ2n) is 3.19. The van der Waals surface area contributed by atoms with E-state index in [-0.39, 0.29) is 5.82 Å². The van der Waals surface area contributed by atoms with Gasteiger partial charge in [0.2, 0.25) is 0 Å². The van der Waals surface area contributed by atoms with E-state index < -0.39 is 0 Å². The van der Waals surface area contributed by atoms with Crippen molar-refractivity contribution in [2.24, 2.45) is 0 Å². The minimum atomic E-state index is -0.198. The lowest BCUT2D eigenvalue weighted by Crippen LogP contribution is -2.22. The lowest BCUT2D eigenvalue weighted by Gasteiger charge is -2.06. The van der Waals surface area contributed by atoms with Gasteiger partial charge in [0.1, 0.15) is 5.82 Å². The monoisotopic (exact) mass is 196 g/mol. The van der Waals surface area contributed by atoms with Crippen molar-refractivity contribution >= 4 is 5.69 Å². The third kappa shape index (κ3) is 4.23. The molecule has 0 atom stereocenters. The molecule has 0 bridgehead atoms. The van der Waals surface area contributed by atoms with Crippen LogP contribution in [0.2, 0.25) is 0 Å². The Balaban J connectivity index is 2.18. The number of halogens is 1. The lowest BCUT2D eigenvalue weighted by molar-refractivity contribution is 0.628. The van der Waals surface area contributed by atoms with Gasteiger partial charge in [-0.3, -0.25) is 0 Å². The van der Waals surface area contributed by atoms with Crippen LogP contribution in [0.25, 0.3) is 0 Å².